The first-order valence-electron chi connectivity index (χ1n) is 7.98. The Balaban J connectivity index is 1.70. The number of nitrogens with one attached hydrogen (secondary N) is 1. The van der Waals surface area contributed by atoms with Gasteiger partial charge in [-0.25, -0.2) is 0 Å². The van der Waals surface area contributed by atoms with Crippen LogP contribution in [0.4, 0.5) is 0 Å². The van der Waals surface area contributed by atoms with Crippen LogP contribution in [0.1, 0.15) is 44.9 Å². The molecule has 0 aromatic carbocycles. The zero-order valence-corrected chi connectivity index (χ0v) is 12.1. The second kappa shape index (κ2) is 5.32. The van der Waals surface area contributed by atoms with Crippen molar-refractivity contribution >= 4 is 0 Å². The van der Waals surface area contributed by atoms with Crippen molar-refractivity contribution in [2.24, 2.45) is 11.7 Å². The predicted octanol–water partition coefficient (Wildman–Crippen LogP) is 0.691. The molecule has 1 saturated carbocycles. The van der Waals surface area contributed by atoms with Crippen LogP contribution in [0.5, 0.6) is 0 Å². The first-order valence-corrected chi connectivity index (χ1v) is 7.98. The lowest BCUT2D eigenvalue weighted by molar-refractivity contribution is 0.0768. The smallest absolute Gasteiger partial charge is 0.0474 e. The molecule has 0 aromatic heterocycles. The van der Waals surface area contributed by atoms with Gasteiger partial charge in [0.1, 0.15) is 0 Å². The molecule has 4 nitrogen and oxygen atoms in total. The van der Waals surface area contributed by atoms with Gasteiger partial charge < -0.3 is 21.1 Å². The van der Waals surface area contributed by atoms with Crippen molar-refractivity contribution in [1.82, 2.24) is 10.2 Å². The fraction of sp³-hybridized carbons (Fsp3) is 1.00. The van der Waals surface area contributed by atoms with Crippen molar-refractivity contribution in [3.8, 4) is 0 Å². The standard InChI is InChI=1S/C15H29N3O/c1-18-12-5-6-13(18)8-15(7-12,10-16)17-14-4-2-3-11(14)9-19/h11-14,17,19H,2-10,16H2,1H3. The molecule has 3 rings (SSSR count). The number of rotatable bonds is 4. The molecule has 1 aliphatic carbocycles. The van der Waals surface area contributed by atoms with Crippen LogP contribution in [-0.4, -0.2) is 53.9 Å². The molecule has 3 aliphatic rings. The molecule has 4 N–H and O–H groups in total. The van der Waals surface area contributed by atoms with Crippen molar-refractivity contribution in [3.63, 3.8) is 0 Å². The van der Waals surface area contributed by atoms with Gasteiger partial charge in [-0.3, -0.25) is 0 Å². The zero-order chi connectivity index (χ0) is 13.5. The number of piperidine rings is 1. The van der Waals surface area contributed by atoms with Crippen molar-refractivity contribution in [2.75, 3.05) is 20.2 Å². The summed E-state index contributed by atoms with van der Waals surface area (Å²) in [6.45, 7) is 1.06. The summed E-state index contributed by atoms with van der Waals surface area (Å²) in [6, 6.07) is 1.91. The monoisotopic (exact) mass is 267 g/mol. The maximum Gasteiger partial charge on any atom is 0.0474 e. The van der Waals surface area contributed by atoms with Crippen LogP contribution < -0.4 is 11.1 Å². The Kier molecular flexibility index (Phi) is 3.87. The highest BCUT2D eigenvalue weighted by Crippen LogP contribution is 2.40. The summed E-state index contributed by atoms with van der Waals surface area (Å²) in [4.78, 5) is 2.56. The molecular weight excluding hydrogens is 238 g/mol. The highest BCUT2D eigenvalue weighted by molar-refractivity contribution is 5.07. The quantitative estimate of drug-likeness (QED) is 0.701. The topological polar surface area (TPSA) is 61.5 Å². The Bertz CT molecular complexity index is 309. The van der Waals surface area contributed by atoms with Crippen LogP contribution in [0.2, 0.25) is 0 Å². The molecule has 4 atom stereocenters. The number of fused-ring (bicyclic) bond motifs is 2. The van der Waals surface area contributed by atoms with Gasteiger partial charge >= 0.3 is 0 Å². The highest BCUT2D eigenvalue weighted by atomic mass is 16.3. The second-order valence-corrected chi connectivity index (χ2v) is 7.07. The van der Waals surface area contributed by atoms with E-state index in [1.54, 1.807) is 0 Å². The Hall–Kier alpha value is -0.160. The minimum atomic E-state index is 0.126. The van der Waals surface area contributed by atoms with E-state index in [1.807, 2.05) is 0 Å². The summed E-state index contributed by atoms with van der Waals surface area (Å²) in [5.74, 6) is 0.445. The summed E-state index contributed by atoms with van der Waals surface area (Å²) in [6.07, 6.45) is 8.66. The molecular formula is C15H29N3O. The van der Waals surface area contributed by atoms with E-state index in [2.05, 4.69) is 17.3 Å². The van der Waals surface area contributed by atoms with E-state index in [9.17, 15) is 5.11 Å². The lowest BCUT2D eigenvalue weighted by Gasteiger charge is -2.47. The predicted molar refractivity (Wildman–Crippen MR) is 76.9 cm³/mol. The molecule has 2 heterocycles. The zero-order valence-electron chi connectivity index (χ0n) is 12.1. The largest absolute Gasteiger partial charge is 0.396 e. The Morgan fingerprint density at radius 3 is 2.47 bits per heavy atom. The highest BCUT2D eigenvalue weighted by Gasteiger charge is 2.47. The molecule has 19 heavy (non-hydrogen) atoms. The van der Waals surface area contributed by atoms with E-state index in [1.165, 1.54) is 44.9 Å². The number of hydrogen-bond donors (Lipinski definition) is 3. The van der Waals surface area contributed by atoms with E-state index < -0.39 is 0 Å². The van der Waals surface area contributed by atoms with Crippen LogP contribution in [0.15, 0.2) is 0 Å². The van der Waals surface area contributed by atoms with E-state index in [0.717, 1.165) is 6.54 Å². The molecule has 0 radical (unpaired) electrons. The van der Waals surface area contributed by atoms with E-state index in [-0.39, 0.29) is 5.54 Å². The molecule has 4 unspecified atom stereocenters. The van der Waals surface area contributed by atoms with Gasteiger partial charge in [-0.1, -0.05) is 6.42 Å². The Labute approximate surface area is 116 Å². The van der Waals surface area contributed by atoms with Crippen molar-refractivity contribution in [2.45, 2.75) is 68.6 Å². The van der Waals surface area contributed by atoms with Gasteiger partial charge in [-0.15, -0.1) is 0 Å². The van der Waals surface area contributed by atoms with Crippen LogP contribution in [0.3, 0.4) is 0 Å². The molecule has 2 bridgehead atoms. The number of aliphatic hydroxyl groups is 1. The van der Waals surface area contributed by atoms with Gasteiger partial charge in [0.15, 0.2) is 0 Å². The van der Waals surface area contributed by atoms with E-state index in [0.29, 0.717) is 30.7 Å². The summed E-state index contributed by atoms with van der Waals surface area (Å²) < 4.78 is 0. The minimum Gasteiger partial charge on any atom is -0.396 e. The van der Waals surface area contributed by atoms with Gasteiger partial charge in [-0.2, -0.15) is 0 Å². The normalized spacial score (nSPS) is 46.9. The average Bonchev–Trinajstić information content (AvgIpc) is 2.93. The van der Waals surface area contributed by atoms with Gasteiger partial charge in [0.25, 0.3) is 0 Å². The first kappa shape index (κ1) is 13.8. The Morgan fingerprint density at radius 2 is 1.89 bits per heavy atom. The van der Waals surface area contributed by atoms with Crippen molar-refractivity contribution in [3.05, 3.63) is 0 Å². The average molecular weight is 267 g/mol. The molecule has 3 fully saturated rings. The van der Waals surface area contributed by atoms with Crippen LogP contribution in [0.25, 0.3) is 0 Å². The van der Waals surface area contributed by atoms with Crippen LogP contribution >= 0.6 is 0 Å². The van der Waals surface area contributed by atoms with Gasteiger partial charge in [0.2, 0.25) is 0 Å². The van der Waals surface area contributed by atoms with Gasteiger partial charge in [0.05, 0.1) is 0 Å². The maximum absolute atomic E-state index is 9.50. The summed E-state index contributed by atoms with van der Waals surface area (Å²) in [7, 11) is 2.27. The minimum absolute atomic E-state index is 0.126. The third kappa shape index (κ3) is 2.44. The van der Waals surface area contributed by atoms with E-state index >= 15 is 0 Å². The lowest BCUT2D eigenvalue weighted by Crippen LogP contribution is -2.63. The summed E-state index contributed by atoms with van der Waals surface area (Å²) >= 11 is 0. The molecule has 2 aliphatic heterocycles. The molecule has 110 valence electrons. The third-order valence-electron chi connectivity index (χ3n) is 6.01. The van der Waals surface area contributed by atoms with Crippen LogP contribution in [0, 0.1) is 5.92 Å². The second-order valence-electron chi connectivity index (χ2n) is 7.07. The van der Waals surface area contributed by atoms with Crippen LogP contribution in [-0.2, 0) is 0 Å². The fourth-order valence-corrected chi connectivity index (χ4v) is 4.75. The summed E-state index contributed by atoms with van der Waals surface area (Å²) in [5.41, 5.74) is 6.28. The fourth-order valence-electron chi connectivity index (χ4n) is 4.75. The number of hydrogen-bond acceptors (Lipinski definition) is 4. The van der Waals surface area contributed by atoms with Gasteiger partial charge in [0, 0.05) is 36.8 Å². The number of nitrogens with zero attached hydrogens (tertiary/aromatic N) is 1. The molecule has 0 aromatic rings. The Morgan fingerprint density at radius 1 is 1.21 bits per heavy atom. The van der Waals surface area contributed by atoms with E-state index in [4.69, 9.17) is 5.73 Å². The SMILES string of the molecule is CN1C2CCC1CC(CN)(NC1CCCC1CO)C2. The van der Waals surface area contributed by atoms with Gasteiger partial charge in [-0.05, 0) is 51.5 Å². The first-order chi connectivity index (χ1) is 9.17. The van der Waals surface area contributed by atoms with Crippen molar-refractivity contribution in [1.29, 1.82) is 0 Å². The summed E-state index contributed by atoms with van der Waals surface area (Å²) in [5, 5.41) is 13.4. The molecule has 0 spiro atoms. The molecule has 2 saturated heterocycles. The van der Waals surface area contributed by atoms with Crippen molar-refractivity contribution < 1.29 is 5.11 Å². The number of nitrogens with two attached hydrogens (primary N) is 1. The third-order valence-corrected chi connectivity index (χ3v) is 6.01. The molecule has 0 amide bonds. The maximum atomic E-state index is 9.50. The number of aliphatic hydroxyl groups excluding tert-OH is 1. The molecule has 4 heteroatoms. The lowest BCUT2D eigenvalue weighted by atomic mass is 9.81.